The van der Waals surface area contributed by atoms with Gasteiger partial charge in [0, 0.05) is 36.1 Å². The van der Waals surface area contributed by atoms with Gasteiger partial charge in [-0.25, -0.2) is 9.07 Å². The minimum atomic E-state index is -0.320. The molecule has 0 radical (unpaired) electrons. The zero-order chi connectivity index (χ0) is 20.8. The highest BCUT2D eigenvalue weighted by Crippen LogP contribution is 2.33. The number of anilines is 1. The number of benzene rings is 3. The maximum absolute atomic E-state index is 15.7. The number of β-lactam (4-membered cyclic amide) rings is 1. The first-order valence-corrected chi connectivity index (χ1v) is 9.95. The third kappa shape index (κ3) is 2.88. The van der Waals surface area contributed by atoms with Crippen LogP contribution < -0.4 is 10.6 Å². The molecule has 1 aromatic heterocycles. The summed E-state index contributed by atoms with van der Waals surface area (Å²) in [7, 11) is 0. The standard InChI is InChI=1S/C24H21FN4O/c1-15-20-9-10-21(17-5-7-18(8-6-17)28-12-11-22(28)30)23(25)24(20)29(27-15)19-4-2-3-16(13-19)14-26/h2-10,13H,11-12,14,26H2,1H3. The molecule has 1 fully saturated rings. The van der Waals surface area contributed by atoms with Gasteiger partial charge in [0.2, 0.25) is 5.91 Å². The molecule has 1 aliphatic rings. The molecule has 0 unspecified atom stereocenters. The first-order chi connectivity index (χ1) is 14.6. The summed E-state index contributed by atoms with van der Waals surface area (Å²) in [6.07, 6.45) is 0.585. The smallest absolute Gasteiger partial charge is 0.228 e. The minimum absolute atomic E-state index is 0.120. The molecular formula is C24H21FN4O. The lowest BCUT2D eigenvalue weighted by atomic mass is 10.0. The molecular weight excluding hydrogens is 379 g/mol. The fourth-order valence-corrected chi connectivity index (χ4v) is 3.95. The van der Waals surface area contributed by atoms with Crippen molar-refractivity contribution < 1.29 is 9.18 Å². The Labute approximate surface area is 173 Å². The second kappa shape index (κ2) is 7.07. The normalized spacial score (nSPS) is 13.7. The fourth-order valence-electron chi connectivity index (χ4n) is 3.95. The third-order valence-electron chi connectivity index (χ3n) is 5.70. The van der Waals surface area contributed by atoms with Gasteiger partial charge in [0.1, 0.15) is 5.52 Å². The van der Waals surface area contributed by atoms with Crippen LogP contribution >= 0.6 is 0 Å². The Balaban J connectivity index is 1.62. The van der Waals surface area contributed by atoms with Gasteiger partial charge in [-0.15, -0.1) is 0 Å². The number of nitrogens with two attached hydrogens (primary N) is 1. The van der Waals surface area contributed by atoms with Crippen molar-refractivity contribution in [1.82, 2.24) is 9.78 Å². The summed E-state index contributed by atoms with van der Waals surface area (Å²) in [6, 6.07) is 18.8. The molecule has 0 spiro atoms. The second-order valence-electron chi connectivity index (χ2n) is 7.54. The first kappa shape index (κ1) is 18.5. The minimum Gasteiger partial charge on any atom is -0.326 e. The van der Waals surface area contributed by atoms with Gasteiger partial charge in [-0.1, -0.05) is 36.4 Å². The van der Waals surface area contributed by atoms with E-state index < -0.39 is 0 Å². The van der Waals surface area contributed by atoms with Crippen LogP contribution in [0.5, 0.6) is 0 Å². The van der Waals surface area contributed by atoms with Crippen LogP contribution in [-0.4, -0.2) is 22.2 Å². The average molecular weight is 400 g/mol. The molecule has 150 valence electrons. The number of carbonyl (C=O) groups is 1. The summed E-state index contributed by atoms with van der Waals surface area (Å²) >= 11 is 0. The molecule has 1 amide bonds. The molecule has 5 nitrogen and oxygen atoms in total. The zero-order valence-corrected chi connectivity index (χ0v) is 16.6. The Morgan fingerprint density at radius 3 is 2.53 bits per heavy atom. The quantitative estimate of drug-likeness (QED) is 0.519. The maximum Gasteiger partial charge on any atom is 0.228 e. The van der Waals surface area contributed by atoms with Crippen LogP contribution in [-0.2, 0) is 11.3 Å². The zero-order valence-electron chi connectivity index (χ0n) is 16.6. The highest BCUT2D eigenvalue weighted by Gasteiger charge is 2.25. The van der Waals surface area contributed by atoms with Crippen LogP contribution in [0, 0.1) is 12.7 Å². The fraction of sp³-hybridized carbons (Fsp3) is 0.167. The molecule has 0 aliphatic carbocycles. The van der Waals surface area contributed by atoms with Crippen LogP contribution in [0.4, 0.5) is 10.1 Å². The molecule has 0 saturated carbocycles. The van der Waals surface area contributed by atoms with Gasteiger partial charge in [-0.3, -0.25) is 4.79 Å². The Morgan fingerprint density at radius 2 is 1.87 bits per heavy atom. The molecule has 5 rings (SSSR count). The number of carbonyl (C=O) groups excluding carboxylic acids is 1. The predicted octanol–water partition coefficient (Wildman–Crippen LogP) is 4.34. The molecule has 4 aromatic rings. The highest BCUT2D eigenvalue weighted by atomic mass is 19.1. The number of aromatic nitrogens is 2. The van der Waals surface area contributed by atoms with Crippen molar-refractivity contribution in [2.45, 2.75) is 19.9 Å². The van der Waals surface area contributed by atoms with E-state index in [9.17, 15) is 4.79 Å². The number of hydrogen-bond donors (Lipinski definition) is 1. The lowest BCUT2D eigenvalue weighted by Gasteiger charge is -2.30. The van der Waals surface area contributed by atoms with Crippen LogP contribution in [0.2, 0.25) is 0 Å². The van der Waals surface area contributed by atoms with Gasteiger partial charge in [0.05, 0.1) is 11.4 Å². The molecule has 6 heteroatoms. The third-order valence-corrected chi connectivity index (χ3v) is 5.70. The van der Waals surface area contributed by atoms with E-state index in [1.54, 1.807) is 15.6 Å². The van der Waals surface area contributed by atoms with Gasteiger partial charge in [-0.2, -0.15) is 5.10 Å². The van der Waals surface area contributed by atoms with Gasteiger partial charge >= 0.3 is 0 Å². The Hall–Kier alpha value is -3.51. The van der Waals surface area contributed by atoms with Gasteiger partial charge in [0.15, 0.2) is 5.82 Å². The van der Waals surface area contributed by atoms with Crippen molar-refractivity contribution in [1.29, 1.82) is 0 Å². The van der Waals surface area contributed by atoms with Crippen LogP contribution in [0.15, 0.2) is 60.7 Å². The van der Waals surface area contributed by atoms with Crippen molar-refractivity contribution in [3.05, 3.63) is 77.7 Å². The highest BCUT2D eigenvalue weighted by molar-refractivity contribution is 5.99. The van der Waals surface area contributed by atoms with Crippen molar-refractivity contribution in [3.8, 4) is 16.8 Å². The topological polar surface area (TPSA) is 64.2 Å². The van der Waals surface area contributed by atoms with Crippen molar-refractivity contribution in [2.24, 2.45) is 5.73 Å². The molecule has 3 aromatic carbocycles. The van der Waals surface area contributed by atoms with E-state index in [0.717, 1.165) is 40.1 Å². The summed E-state index contributed by atoms with van der Waals surface area (Å²) in [4.78, 5) is 13.4. The SMILES string of the molecule is Cc1nn(-c2cccc(CN)c2)c2c(F)c(-c3ccc(N4CCC4=O)cc3)ccc12. The molecule has 1 aliphatic heterocycles. The van der Waals surface area contributed by atoms with E-state index in [1.165, 1.54) is 0 Å². The van der Waals surface area contributed by atoms with Crippen LogP contribution in [0.3, 0.4) is 0 Å². The van der Waals surface area contributed by atoms with Crippen LogP contribution in [0.1, 0.15) is 17.7 Å². The lowest BCUT2D eigenvalue weighted by Crippen LogP contribution is -2.43. The number of aryl methyl sites for hydroxylation is 1. The number of rotatable bonds is 4. The predicted molar refractivity (Wildman–Crippen MR) is 116 cm³/mol. The van der Waals surface area contributed by atoms with E-state index in [4.69, 9.17) is 5.73 Å². The number of amides is 1. The monoisotopic (exact) mass is 400 g/mol. The number of halogens is 1. The van der Waals surface area contributed by atoms with Crippen molar-refractivity contribution in [3.63, 3.8) is 0 Å². The summed E-state index contributed by atoms with van der Waals surface area (Å²) < 4.78 is 17.4. The molecule has 30 heavy (non-hydrogen) atoms. The maximum atomic E-state index is 15.7. The van der Waals surface area contributed by atoms with E-state index in [0.29, 0.717) is 24.0 Å². The second-order valence-corrected chi connectivity index (χ2v) is 7.54. The first-order valence-electron chi connectivity index (χ1n) is 9.95. The summed E-state index contributed by atoms with van der Waals surface area (Å²) in [5.41, 5.74) is 10.8. The summed E-state index contributed by atoms with van der Waals surface area (Å²) in [6.45, 7) is 3.02. The largest absolute Gasteiger partial charge is 0.326 e. The van der Waals surface area contributed by atoms with Crippen molar-refractivity contribution in [2.75, 3.05) is 11.4 Å². The van der Waals surface area contributed by atoms with Gasteiger partial charge in [0.25, 0.3) is 0 Å². The van der Waals surface area contributed by atoms with E-state index >= 15 is 4.39 Å². The molecule has 1 saturated heterocycles. The Kier molecular flexibility index (Phi) is 4.37. The molecule has 2 heterocycles. The molecule has 0 bridgehead atoms. The van der Waals surface area contributed by atoms with Crippen molar-refractivity contribution >= 4 is 22.5 Å². The van der Waals surface area contributed by atoms with E-state index in [-0.39, 0.29) is 11.7 Å². The van der Waals surface area contributed by atoms with E-state index in [1.807, 2.05) is 61.5 Å². The number of hydrogen-bond acceptors (Lipinski definition) is 3. The van der Waals surface area contributed by atoms with Gasteiger partial charge in [-0.05, 0) is 42.3 Å². The summed E-state index contributed by atoms with van der Waals surface area (Å²) in [5.74, 6) is -0.200. The Bertz CT molecular complexity index is 1280. The van der Waals surface area contributed by atoms with Gasteiger partial charge < -0.3 is 10.6 Å². The van der Waals surface area contributed by atoms with Crippen LogP contribution in [0.25, 0.3) is 27.7 Å². The molecule has 2 N–H and O–H groups in total. The summed E-state index contributed by atoms with van der Waals surface area (Å²) in [5, 5.41) is 5.36. The Morgan fingerprint density at radius 1 is 1.07 bits per heavy atom. The average Bonchev–Trinajstić information content (AvgIpc) is 3.11. The number of nitrogens with zero attached hydrogens (tertiary/aromatic N) is 3. The molecule has 0 atom stereocenters. The van der Waals surface area contributed by atoms with E-state index in [2.05, 4.69) is 5.10 Å². The lowest BCUT2D eigenvalue weighted by molar-refractivity contribution is -0.122. The number of fused-ring (bicyclic) bond motifs is 1.